The lowest BCUT2D eigenvalue weighted by Gasteiger charge is -2.39. The fraction of sp³-hybridized carbons (Fsp3) is 0.514. The molecule has 2 saturated carbocycles. The Morgan fingerprint density at radius 1 is 1.16 bits per heavy atom. The average molecular weight is 795 g/mol. The first-order valence-electron chi connectivity index (χ1n) is 17.5. The number of benzene rings is 1. The molecule has 0 spiro atoms. The zero-order valence-electron chi connectivity index (χ0n) is 29.8. The van der Waals surface area contributed by atoms with Gasteiger partial charge in [-0.3, -0.25) is 9.69 Å². The minimum Gasteiger partial charge on any atom is -0.447 e. The van der Waals surface area contributed by atoms with Crippen molar-refractivity contribution in [2.24, 2.45) is 22.1 Å². The van der Waals surface area contributed by atoms with Gasteiger partial charge in [-0.1, -0.05) is 44.5 Å². The van der Waals surface area contributed by atoms with Crippen LogP contribution in [0.5, 0.6) is 0 Å². The van der Waals surface area contributed by atoms with Crippen LogP contribution >= 0.6 is 11.6 Å². The first-order valence-corrected chi connectivity index (χ1v) is 17.9. The summed E-state index contributed by atoms with van der Waals surface area (Å²) in [6.07, 6.45) is 0.521. The van der Waals surface area contributed by atoms with Crippen LogP contribution in [0.4, 0.5) is 31.1 Å². The van der Waals surface area contributed by atoms with E-state index in [-0.39, 0.29) is 53.7 Å². The number of aliphatic imine (C=N–C) groups is 1. The molecule has 2 amide bonds. The second-order valence-electron chi connectivity index (χ2n) is 15.4. The minimum absolute atomic E-state index is 0.000444. The first kappa shape index (κ1) is 38.3. The Balaban J connectivity index is 1.25. The Kier molecular flexibility index (Phi) is 9.53. The van der Waals surface area contributed by atoms with E-state index >= 15 is 4.39 Å². The SMILES string of the molecule is CC(C)(C)C[C@]1(C2CC=C(c3ncn(C4CC4)n3)C=C2F)N=C(N)N([C@H](COC(=O)NC2(C(F)(F)F)CC2)c2ccc(Cl)c(-c3ncnn3C(F)F)c2)C1=O. The van der Waals surface area contributed by atoms with E-state index in [1.54, 1.807) is 17.1 Å². The molecule has 0 saturated heterocycles. The van der Waals surface area contributed by atoms with Gasteiger partial charge in [0, 0.05) is 17.1 Å². The van der Waals surface area contributed by atoms with E-state index in [2.05, 4.69) is 25.2 Å². The third kappa shape index (κ3) is 7.29. The Hall–Kier alpha value is -4.94. The molecule has 3 aliphatic carbocycles. The quantitative estimate of drug-likeness (QED) is 0.195. The summed E-state index contributed by atoms with van der Waals surface area (Å²) in [5.41, 5.74) is 2.06. The third-order valence-electron chi connectivity index (χ3n) is 10.1. The number of carbonyl (C=O) groups excluding carboxylic acids is 2. The van der Waals surface area contributed by atoms with Crippen LogP contribution in [0.15, 0.2) is 53.8 Å². The van der Waals surface area contributed by atoms with Crippen molar-refractivity contribution in [3.05, 3.63) is 65.2 Å². The van der Waals surface area contributed by atoms with E-state index in [0.717, 1.165) is 24.1 Å². The summed E-state index contributed by atoms with van der Waals surface area (Å²) < 4.78 is 92.6. The minimum atomic E-state index is -4.75. The molecule has 2 aromatic heterocycles. The molecule has 7 rings (SSSR count). The summed E-state index contributed by atoms with van der Waals surface area (Å²) >= 11 is 6.43. The average Bonchev–Trinajstić information content (AvgIpc) is 3.97. The van der Waals surface area contributed by atoms with Gasteiger partial charge in [0.05, 0.1) is 17.1 Å². The van der Waals surface area contributed by atoms with Crippen molar-refractivity contribution in [3.63, 3.8) is 0 Å². The number of nitrogens with two attached hydrogens (primary N) is 1. The number of alkyl carbamates (subject to hydrolysis) is 1. The molecule has 3 N–H and O–H groups in total. The van der Waals surface area contributed by atoms with Crippen molar-refractivity contribution in [3.8, 4) is 11.4 Å². The predicted molar refractivity (Wildman–Crippen MR) is 186 cm³/mol. The lowest BCUT2D eigenvalue weighted by molar-refractivity contribution is -0.164. The molecule has 1 aromatic carbocycles. The van der Waals surface area contributed by atoms with Crippen molar-refractivity contribution < 1.29 is 40.7 Å². The van der Waals surface area contributed by atoms with Gasteiger partial charge >= 0.3 is 18.8 Å². The molecule has 0 bridgehead atoms. The number of hydrogen-bond acceptors (Lipinski definition) is 9. The summed E-state index contributed by atoms with van der Waals surface area (Å²) in [4.78, 5) is 41.7. The summed E-state index contributed by atoms with van der Waals surface area (Å²) in [7, 11) is 0. The van der Waals surface area contributed by atoms with Gasteiger partial charge in [0.1, 0.15) is 30.6 Å². The lowest BCUT2D eigenvalue weighted by atomic mass is 9.69. The molecule has 4 aliphatic rings. The number of aromatic nitrogens is 6. The number of allylic oxidation sites excluding steroid dienone is 3. The van der Waals surface area contributed by atoms with Gasteiger partial charge in [-0.25, -0.2) is 28.8 Å². The highest BCUT2D eigenvalue weighted by Gasteiger charge is 2.65. The van der Waals surface area contributed by atoms with Crippen LogP contribution in [0.3, 0.4) is 0 Å². The Bertz CT molecular complexity index is 2100. The van der Waals surface area contributed by atoms with Crippen molar-refractivity contribution in [2.75, 3.05) is 6.61 Å². The smallest absolute Gasteiger partial charge is 0.411 e. The van der Waals surface area contributed by atoms with Crippen LogP contribution in [0.2, 0.25) is 5.02 Å². The number of halogens is 7. The molecule has 3 aromatic rings. The van der Waals surface area contributed by atoms with Crippen LogP contribution < -0.4 is 11.1 Å². The fourth-order valence-electron chi connectivity index (χ4n) is 7.18. The summed E-state index contributed by atoms with van der Waals surface area (Å²) in [6, 6.07) is 2.85. The van der Waals surface area contributed by atoms with Crippen molar-refractivity contribution in [1.29, 1.82) is 0 Å². The highest BCUT2D eigenvalue weighted by Crippen LogP contribution is 2.50. The molecule has 2 fully saturated rings. The van der Waals surface area contributed by atoms with Gasteiger partial charge in [-0.05, 0) is 67.7 Å². The maximum absolute atomic E-state index is 16.5. The van der Waals surface area contributed by atoms with E-state index in [9.17, 15) is 31.5 Å². The number of nitrogens with one attached hydrogen (secondary N) is 1. The number of carbonyl (C=O) groups is 2. The number of guanidine groups is 1. The fourth-order valence-corrected chi connectivity index (χ4v) is 7.38. The van der Waals surface area contributed by atoms with Crippen LogP contribution in [0.25, 0.3) is 17.0 Å². The highest BCUT2D eigenvalue weighted by atomic mass is 35.5. The van der Waals surface area contributed by atoms with E-state index in [4.69, 9.17) is 22.1 Å². The number of rotatable bonds is 11. The van der Waals surface area contributed by atoms with Gasteiger partial charge in [-0.15, -0.1) is 0 Å². The predicted octanol–water partition coefficient (Wildman–Crippen LogP) is 7.07. The first-order chi connectivity index (χ1) is 25.8. The maximum Gasteiger partial charge on any atom is 0.411 e. The molecule has 20 heteroatoms. The van der Waals surface area contributed by atoms with E-state index in [0.29, 0.717) is 16.1 Å². The second-order valence-corrected chi connectivity index (χ2v) is 15.8. The van der Waals surface area contributed by atoms with E-state index < -0.39 is 71.6 Å². The van der Waals surface area contributed by atoms with Gasteiger partial charge in [-0.2, -0.15) is 36.8 Å². The summed E-state index contributed by atoms with van der Waals surface area (Å²) in [5.74, 6) is -3.03. The monoisotopic (exact) mass is 794 g/mol. The van der Waals surface area contributed by atoms with Crippen LogP contribution in [0, 0.1) is 11.3 Å². The molecule has 55 heavy (non-hydrogen) atoms. The van der Waals surface area contributed by atoms with Crippen LogP contribution in [-0.4, -0.2) is 76.2 Å². The van der Waals surface area contributed by atoms with Gasteiger partial charge in [0.25, 0.3) is 5.91 Å². The number of nitrogens with zero attached hydrogens (tertiary/aromatic N) is 8. The molecular formula is C35H37ClF6N10O3. The number of hydrogen-bond donors (Lipinski definition) is 2. The molecule has 1 aliphatic heterocycles. The number of ether oxygens (including phenoxy) is 1. The second kappa shape index (κ2) is 13.7. The van der Waals surface area contributed by atoms with Gasteiger partial charge in [0.2, 0.25) is 0 Å². The highest BCUT2D eigenvalue weighted by molar-refractivity contribution is 6.33. The molecule has 3 atom stereocenters. The Labute approximate surface area is 315 Å². The van der Waals surface area contributed by atoms with Crippen LogP contribution in [-0.2, 0) is 9.53 Å². The molecule has 1 unspecified atom stereocenters. The Morgan fingerprint density at radius 3 is 2.51 bits per heavy atom. The molecule has 3 heterocycles. The van der Waals surface area contributed by atoms with Crippen molar-refractivity contribution in [2.45, 2.75) is 95.2 Å². The molecular weight excluding hydrogens is 758 g/mol. The van der Waals surface area contributed by atoms with Crippen LogP contribution in [0.1, 0.15) is 89.3 Å². The van der Waals surface area contributed by atoms with Gasteiger partial charge < -0.3 is 15.8 Å². The van der Waals surface area contributed by atoms with E-state index in [1.165, 1.54) is 24.3 Å². The maximum atomic E-state index is 16.5. The zero-order valence-corrected chi connectivity index (χ0v) is 30.6. The molecule has 13 nitrogen and oxygen atoms in total. The summed E-state index contributed by atoms with van der Waals surface area (Å²) in [5, 5.41) is 9.86. The van der Waals surface area contributed by atoms with Crippen molar-refractivity contribution >= 4 is 35.1 Å². The normalized spacial score (nSPS) is 23.0. The van der Waals surface area contributed by atoms with E-state index in [1.807, 2.05) is 26.1 Å². The Morgan fingerprint density at radius 2 is 1.89 bits per heavy atom. The molecule has 294 valence electrons. The third-order valence-corrected chi connectivity index (χ3v) is 10.4. The van der Waals surface area contributed by atoms with Crippen molar-refractivity contribution in [1.82, 2.24) is 39.7 Å². The molecule has 0 radical (unpaired) electrons. The largest absolute Gasteiger partial charge is 0.447 e. The zero-order chi connectivity index (χ0) is 39.7. The summed E-state index contributed by atoms with van der Waals surface area (Å²) in [6.45, 7) is 1.61. The number of alkyl halides is 5. The topological polar surface area (TPSA) is 158 Å². The standard InChI is InChI=1S/C35H37ClF6N10O3/c1-32(2,3)15-34(22-8-4-19(13-24(22)37)26-45-17-50(49-26)20-6-7-20)28(53)51(30(43)47-34)25(14-55-31(54)48-33(10-11-33)35(40,41)42)18-5-9-23(36)21(12-18)27-44-16-46-52(27)29(38)39/h4-5,9,12-13,16-17,20,22,25,29H,6-8,10-11,14-15H2,1-3H3,(H2,43,47)(H,48,54)/t22?,25-,34-/m1/s1. The van der Waals surface area contributed by atoms with Gasteiger partial charge in [0.15, 0.2) is 23.1 Å². The number of amides is 2. The lowest BCUT2D eigenvalue weighted by Crippen LogP contribution is -2.52.